The molecule has 0 aromatic heterocycles. The largest absolute Gasteiger partial charge is 0.453 e. The lowest BCUT2D eigenvalue weighted by Gasteiger charge is -2.15. The van der Waals surface area contributed by atoms with Gasteiger partial charge in [-0.25, -0.2) is 4.79 Å². The van der Waals surface area contributed by atoms with Crippen molar-refractivity contribution in [3.63, 3.8) is 0 Å². The van der Waals surface area contributed by atoms with E-state index in [1.54, 1.807) is 11.9 Å². The van der Waals surface area contributed by atoms with E-state index in [9.17, 15) is 4.79 Å². The highest BCUT2D eigenvalue weighted by Crippen LogP contribution is 2.18. The summed E-state index contributed by atoms with van der Waals surface area (Å²) in [6.07, 6.45) is -0.313. The molecule has 3 nitrogen and oxygen atoms in total. The smallest absolute Gasteiger partial charge is 0.409 e. The van der Waals surface area contributed by atoms with Crippen LogP contribution < -0.4 is 0 Å². The van der Waals surface area contributed by atoms with Crippen LogP contribution in [0.4, 0.5) is 4.79 Å². The topological polar surface area (TPSA) is 29.5 Å². The van der Waals surface area contributed by atoms with E-state index >= 15 is 0 Å². The van der Waals surface area contributed by atoms with Crippen molar-refractivity contribution in [2.75, 3.05) is 19.9 Å². The summed E-state index contributed by atoms with van der Waals surface area (Å²) in [7, 11) is 3.11. The number of rotatable bonds is 4. The molecule has 0 heterocycles. The van der Waals surface area contributed by atoms with Gasteiger partial charge in [0.05, 0.1) is 7.11 Å². The summed E-state index contributed by atoms with van der Waals surface area (Å²) in [4.78, 5) is 14.0. The molecule has 0 aliphatic carbocycles. The predicted octanol–water partition coefficient (Wildman–Crippen LogP) is 3.00. The Morgan fingerprint density at radius 2 is 2.00 bits per heavy atom. The molecule has 0 unspecified atom stereocenters. The highest BCUT2D eigenvalue weighted by atomic mass is 32.2. The van der Waals surface area contributed by atoms with Crippen LogP contribution in [0, 0.1) is 0 Å². The first-order valence-corrected chi connectivity index (χ1v) is 6.16. The van der Waals surface area contributed by atoms with E-state index in [0.717, 1.165) is 11.3 Å². The number of hydrogen-bond acceptors (Lipinski definition) is 3. The van der Waals surface area contributed by atoms with E-state index in [1.165, 1.54) is 12.0 Å². The average Bonchev–Trinajstić information content (AvgIpc) is 2.31. The van der Waals surface area contributed by atoms with Gasteiger partial charge in [-0.3, -0.25) is 0 Å². The van der Waals surface area contributed by atoms with E-state index in [0.29, 0.717) is 6.54 Å². The molecule has 0 fully saturated rings. The zero-order valence-electron chi connectivity index (χ0n) is 9.90. The highest BCUT2D eigenvalue weighted by molar-refractivity contribution is 7.99. The van der Waals surface area contributed by atoms with Gasteiger partial charge in [-0.15, -0.1) is 11.8 Å². The van der Waals surface area contributed by atoms with Gasteiger partial charge in [-0.2, -0.15) is 0 Å². The Kier molecular flexibility index (Phi) is 5.19. The molecule has 0 radical (unpaired) electrons. The Bertz CT molecular complexity index is 337. The molecular weight excluding hydrogens is 222 g/mol. The lowest BCUT2D eigenvalue weighted by atomic mass is 10.2. The molecule has 0 N–H and O–H groups in total. The van der Waals surface area contributed by atoms with Crippen LogP contribution in [0.15, 0.2) is 29.2 Å². The first-order valence-electron chi connectivity index (χ1n) is 5.18. The Morgan fingerprint density at radius 3 is 2.50 bits per heavy atom. The Balaban J connectivity index is 2.58. The third-order valence-corrected chi connectivity index (χ3v) is 3.03. The maximum Gasteiger partial charge on any atom is 0.409 e. The van der Waals surface area contributed by atoms with Gasteiger partial charge in [0.15, 0.2) is 0 Å². The van der Waals surface area contributed by atoms with Gasteiger partial charge in [-0.1, -0.05) is 19.1 Å². The van der Waals surface area contributed by atoms with E-state index in [2.05, 4.69) is 23.8 Å². The standard InChI is InChI=1S/C12H17NO2S/c1-4-16-11-7-5-10(6-8-11)9-13(2)12(14)15-3/h5-8H,4,9H2,1-3H3. The van der Waals surface area contributed by atoms with Gasteiger partial charge < -0.3 is 9.64 Å². The van der Waals surface area contributed by atoms with Gasteiger partial charge in [0.1, 0.15) is 0 Å². The monoisotopic (exact) mass is 239 g/mol. The lowest BCUT2D eigenvalue weighted by molar-refractivity contribution is 0.131. The van der Waals surface area contributed by atoms with E-state index in [-0.39, 0.29) is 6.09 Å². The molecule has 0 bridgehead atoms. The second-order valence-corrected chi connectivity index (χ2v) is 4.74. The quantitative estimate of drug-likeness (QED) is 0.756. The van der Waals surface area contributed by atoms with Crippen molar-refractivity contribution in [3.8, 4) is 0 Å². The van der Waals surface area contributed by atoms with Crippen molar-refractivity contribution in [2.45, 2.75) is 18.4 Å². The number of carbonyl (C=O) groups is 1. The van der Waals surface area contributed by atoms with Crippen molar-refractivity contribution in [1.82, 2.24) is 4.90 Å². The predicted molar refractivity (Wildman–Crippen MR) is 66.7 cm³/mol. The fourth-order valence-electron chi connectivity index (χ4n) is 1.35. The molecule has 16 heavy (non-hydrogen) atoms. The molecule has 1 aromatic carbocycles. The molecule has 0 saturated carbocycles. The van der Waals surface area contributed by atoms with Crippen molar-refractivity contribution in [3.05, 3.63) is 29.8 Å². The third-order valence-electron chi connectivity index (χ3n) is 2.14. The number of nitrogens with zero attached hydrogens (tertiary/aromatic N) is 1. The third kappa shape index (κ3) is 3.77. The summed E-state index contributed by atoms with van der Waals surface area (Å²) >= 11 is 1.81. The number of hydrogen-bond donors (Lipinski definition) is 0. The fraction of sp³-hybridized carbons (Fsp3) is 0.417. The van der Waals surface area contributed by atoms with Crippen molar-refractivity contribution in [2.24, 2.45) is 0 Å². The van der Waals surface area contributed by atoms with E-state index < -0.39 is 0 Å². The van der Waals surface area contributed by atoms with Crippen LogP contribution in [0.1, 0.15) is 12.5 Å². The molecule has 0 saturated heterocycles. The zero-order chi connectivity index (χ0) is 12.0. The molecule has 0 aliphatic rings. The van der Waals surface area contributed by atoms with Gasteiger partial charge in [0.2, 0.25) is 0 Å². The number of methoxy groups -OCH3 is 1. The normalized spacial score (nSPS) is 9.94. The van der Waals surface area contributed by atoms with E-state index in [4.69, 9.17) is 0 Å². The highest BCUT2D eigenvalue weighted by Gasteiger charge is 2.07. The van der Waals surface area contributed by atoms with Crippen molar-refractivity contribution in [1.29, 1.82) is 0 Å². The minimum atomic E-state index is -0.313. The number of carbonyl (C=O) groups excluding carboxylic acids is 1. The first-order chi connectivity index (χ1) is 7.67. The van der Waals surface area contributed by atoms with Crippen LogP contribution in [-0.2, 0) is 11.3 Å². The number of amides is 1. The number of benzene rings is 1. The molecule has 4 heteroatoms. The van der Waals surface area contributed by atoms with Crippen LogP contribution in [0.5, 0.6) is 0 Å². The van der Waals surface area contributed by atoms with E-state index in [1.807, 2.05) is 23.9 Å². The maximum absolute atomic E-state index is 11.2. The SMILES string of the molecule is CCSc1ccc(CN(C)C(=O)OC)cc1. The van der Waals surface area contributed by atoms with Gasteiger partial charge in [0, 0.05) is 18.5 Å². The zero-order valence-corrected chi connectivity index (χ0v) is 10.7. The van der Waals surface area contributed by atoms with Gasteiger partial charge in [0.25, 0.3) is 0 Å². The molecule has 1 rings (SSSR count). The average molecular weight is 239 g/mol. The Labute approximate surface area is 101 Å². The summed E-state index contributed by atoms with van der Waals surface area (Å²) in [5.74, 6) is 1.07. The lowest BCUT2D eigenvalue weighted by Crippen LogP contribution is -2.25. The van der Waals surface area contributed by atoms with Crippen LogP contribution in [0.3, 0.4) is 0 Å². The van der Waals surface area contributed by atoms with Crippen molar-refractivity contribution < 1.29 is 9.53 Å². The summed E-state index contributed by atoms with van der Waals surface area (Å²) in [5.41, 5.74) is 1.10. The second-order valence-electron chi connectivity index (χ2n) is 3.40. The molecule has 0 aliphatic heterocycles. The maximum atomic E-state index is 11.2. The molecule has 0 spiro atoms. The molecule has 1 aromatic rings. The van der Waals surface area contributed by atoms with Gasteiger partial charge in [-0.05, 0) is 23.4 Å². The summed E-state index contributed by atoms with van der Waals surface area (Å²) in [5, 5.41) is 0. The van der Waals surface area contributed by atoms with Gasteiger partial charge >= 0.3 is 6.09 Å². The van der Waals surface area contributed by atoms with Crippen LogP contribution in [0.2, 0.25) is 0 Å². The Hall–Kier alpha value is -1.16. The Morgan fingerprint density at radius 1 is 1.38 bits per heavy atom. The summed E-state index contributed by atoms with van der Waals surface area (Å²) < 4.78 is 4.63. The van der Waals surface area contributed by atoms with Crippen LogP contribution in [0.25, 0.3) is 0 Å². The van der Waals surface area contributed by atoms with Crippen LogP contribution >= 0.6 is 11.8 Å². The minimum absolute atomic E-state index is 0.313. The fourth-order valence-corrected chi connectivity index (χ4v) is 2.01. The summed E-state index contributed by atoms with van der Waals surface area (Å²) in [6, 6.07) is 8.23. The second kappa shape index (κ2) is 6.43. The van der Waals surface area contributed by atoms with Crippen LogP contribution in [-0.4, -0.2) is 30.9 Å². The molecule has 0 atom stereocenters. The minimum Gasteiger partial charge on any atom is -0.453 e. The first kappa shape index (κ1) is 12.9. The summed E-state index contributed by atoms with van der Waals surface area (Å²) in [6.45, 7) is 2.70. The van der Waals surface area contributed by atoms with Crippen molar-refractivity contribution >= 4 is 17.9 Å². The molecule has 1 amide bonds. The number of ether oxygens (including phenoxy) is 1. The number of thioether (sulfide) groups is 1. The molecule has 88 valence electrons. The molecular formula is C12H17NO2S.